The van der Waals surface area contributed by atoms with Crippen LogP contribution in [0.5, 0.6) is 11.5 Å². The van der Waals surface area contributed by atoms with Gasteiger partial charge >= 0.3 is 0 Å². The van der Waals surface area contributed by atoms with Crippen LogP contribution in [0, 0.1) is 6.92 Å². The van der Waals surface area contributed by atoms with Crippen LogP contribution in [0.25, 0.3) is 27.7 Å². The number of carbonyl (C=O) groups excluding carboxylic acids is 1. The number of carbonyl (C=O) groups is 1. The maximum absolute atomic E-state index is 12.5. The van der Waals surface area contributed by atoms with Gasteiger partial charge in [0, 0.05) is 34.2 Å². The van der Waals surface area contributed by atoms with Crippen LogP contribution in [-0.4, -0.2) is 30.3 Å². The van der Waals surface area contributed by atoms with Crippen molar-refractivity contribution in [3.63, 3.8) is 0 Å². The van der Waals surface area contributed by atoms with Gasteiger partial charge in [-0.15, -0.1) is 10.2 Å². The first-order valence-electron chi connectivity index (χ1n) is 9.52. The van der Waals surface area contributed by atoms with Crippen LogP contribution in [0.4, 0.5) is 5.13 Å². The van der Waals surface area contributed by atoms with E-state index in [0.29, 0.717) is 16.5 Å². The van der Waals surface area contributed by atoms with E-state index >= 15 is 0 Å². The molecule has 4 aromatic rings. The predicted molar refractivity (Wildman–Crippen MR) is 122 cm³/mol. The van der Waals surface area contributed by atoms with Crippen LogP contribution in [-0.2, 0) is 4.79 Å². The predicted octanol–water partition coefficient (Wildman–Crippen LogP) is 5.32. The van der Waals surface area contributed by atoms with Gasteiger partial charge in [0.05, 0.1) is 20.5 Å². The van der Waals surface area contributed by atoms with E-state index in [0.717, 1.165) is 38.4 Å². The number of rotatable bonds is 6. The number of anilines is 1. The van der Waals surface area contributed by atoms with Gasteiger partial charge in [-0.3, -0.25) is 10.1 Å². The average Bonchev–Trinajstić information content (AvgIpc) is 3.37. The topological polar surface area (TPSA) is 86.5 Å². The zero-order valence-electron chi connectivity index (χ0n) is 17.6. The van der Waals surface area contributed by atoms with Crippen LogP contribution in [0.1, 0.15) is 17.5 Å². The summed E-state index contributed by atoms with van der Waals surface area (Å²) in [7, 11) is 3.23. The molecule has 2 heterocycles. The van der Waals surface area contributed by atoms with Crippen LogP contribution in [0.15, 0.2) is 53.2 Å². The molecule has 1 N–H and O–H groups in total. The van der Waals surface area contributed by atoms with Gasteiger partial charge in [-0.2, -0.15) is 0 Å². The minimum atomic E-state index is -0.284. The number of aryl methyl sites for hydroxylation is 1. The van der Waals surface area contributed by atoms with Gasteiger partial charge in [-0.25, -0.2) is 0 Å². The van der Waals surface area contributed by atoms with Crippen molar-refractivity contribution >= 4 is 38.9 Å². The largest absolute Gasteiger partial charge is 0.496 e. The number of ether oxygens (including phenoxy) is 2. The molecule has 2 aromatic carbocycles. The van der Waals surface area contributed by atoms with E-state index in [-0.39, 0.29) is 5.91 Å². The summed E-state index contributed by atoms with van der Waals surface area (Å²) in [6.07, 6.45) is 3.22. The molecular weight excluding hydrogens is 414 g/mol. The highest BCUT2D eigenvalue weighted by atomic mass is 32.1. The van der Waals surface area contributed by atoms with Gasteiger partial charge in [-0.05, 0) is 31.6 Å². The summed E-state index contributed by atoms with van der Waals surface area (Å²) in [6.45, 7) is 3.69. The molecule has 1 amide bonds. The fourth-order valence-corrected chi connectivity index (χ4v) is 3.97. The molecule has 0 aliphatic carbocycles. The summed E-state index contributed by atoms with van der Waals surface area (Å²) in [5, 5.41) is 12.7. The number of hydrogen-bond donors (Lipinski definition) is 1. The van der Waals surface area contributed by atoms with Crippen molar-refractivity contribution in [3.05, 3.63) is 59.3 Å². The zero-order chi connectivity index (χ0) is 22.0. The van der Waals surface area contributed by atoms with Crippen LogP contribution in [0.3, 0.4) is 0 Å². The number of allylic oxidation sites excluding steroid dienone is 1. The van der Waals surface area contributed by atoms with Gasteiger partial charge in [0.1, 0.15) is 22.1 Å². The van der Waals surface area contributed by atoms with Gasteiger partial charge in [-0.1, -0.05) is 29.5 Å². The molecule has 0 spiro atoms. The third-order valence-electron chi connectivity index (χ3n) is 4.82. The van der Waals surface area contributed by atoms with Gasteiger partial charge in [0.25, 0.3) is 0 Å². The highest BCUT2D eigenvalue weighted by Crippen LogP contribution is 2.40. The van der Waals surface area contributed by atoms with Crippen LogP contribution >= 0.6 is 11.3 Å². The Balaban J connectivity index is 1.75. The SMILES string of the molecule is COc1cc2occ(-c3ccccc3OC)c2cc1/C(C)=C/C(=O)Nc1nnc(C)s1. The van der Waals surface area contributed by atoms with Crippen molar-refractivity contribution in [2.45, 2.75) is 13.8 Å². The molecule has 0 radical (unpaired) electrons. The third kappa shape index (κ3) is 4.15. The summed E-state index contributed by atoms with van der Waals surface area (Å²) >= 11 is 1.32. The summed E-state index contributed by atoms with van der Waals surface area (Å²) in [5.41, 5.74) is 4.03. The van der Waals surface area contributed by atoms with E-state index in [4.69, 9.17) is 13.9 Å². The van der Waals surface area contributed by atoms with E-state index in [9.17, 15) is 4.79 Å². The van der Waals surface area contributed by atoms with Crippen molar-refractivity contribution in [2.75, 3.05) is 19.5 Å². The lowest BCUT2D eigenvalue weighted by Crippen LogP contribution is -2.08. The highest BCUT2D eigenvalue weighted by molar-refractivity contribution is 7.15. The number of nitrogens with zero attached hydrogens (tertiary/aromatic N) is 2. The van der Waals surface area contributed by atoms with Crippen molar-refractivity contribution < 1.29 is 18.7 Å². The smallest absolute Gasteiger partial charge is 0.250 e. The van der Waals surface area contributed by atoms with Crippen molar-refractivity contribution in [1.82, 2.24) is 10.2 Å². The summed E-state index contributed by atoms with van der Waals surface area (Å²) in [5.74, 6) is 1.08. The first kappa shape index (κ1) is 20.6. The monoisotopic (exact) mass is 435 g/mol. The number of aromatic nitrogens is 2. The van der Waals surface area contributed by atoms with Gasteiger partial charge in [0.15, 0.2) is 0 Å². The molecule has 158 valence electrons. The third-order valence-corrected chi connectivity index (χ3v) is 5.58. The van der Waals surface area contributed by atoms with E-state index in [1.165, 1.54) is 17.4 Å². The first-order chi connectivity index (χ1) is 15.0. The second-order valence-electron chi connectivity index (χ2n) is 6.84. The van der Waals surface area contributed by atoms with Crippen LogP contribution in [0.2, 0.25) is 0 Å². The Morgan fingerprint density at radius 2 is 1.87 bits per heavy atom. The molecule has 0 aliphatic heterocycles. The van der Waals surface area contributed by atoms with Gasteiger partial charge in [0.2, 0.25) is 11.0 Å². The first-order valence-corrected chi connectivity index (χ1v) is 10.3. The standard InChI is InChI=1S/C23H21N3O4S/c1-13(9-22(27)24-23-26-25-14(2)31-23)16-10-17-18(12-30-21(17)11-20(16)29-4)15-7-5-6-8-19(15)28-3/h5-12H,1-4H3,(H,24,26,27)/b13-9+. The number of amides is 1. The number of furan rings is 1. The van der Waals surface area contributed by atoms with Crippen molar-refractivity contribution in [3.8, 4) is 22.6 Å². The molecular formula is C23H21N3O4S. The lowest BCUT2D eigenvalue weighted by molar-refractivity contribution is -0.111. The molecule has 0 atom stereocenters. The second kappa shape index (κ2) is 8.61. The Kier molecular flexibility index (Phi) is 5.73. The maximum Gasteiger partial charge on any atom is 0.250 e. The van der Waals surface area contributed by atoms with E-state index in [1.807, 2.05) is 50.2 Å². The van der Waals surface area contributed by atoms with E-state index in [1.54, 1.807) is 20.5 Å². The van der Waals surface area contributed by atoms with E-state index < -0.39 is 0 Å². The minimum absolute atomic E-state index is 0.284. The van der Waals surface area contributed by atoms with Crippen molar-refractivity contribution in [1.29, 1.82) is 0 Å². The molecule has 0 unspecified atom stereocenters. The van der Waals surface area contributed by atoms with Gasteiger partial charge < -0.3 is 13.9 Å². The maximum atomic E-state index is 12.5. The number of hydrogen-bond acceptors (Lipinski definition) is 7. The van der Waals surface area contributed by atoms with E-state index in [2.05, 4.69) is 15.5 Å². The number of fused-ring (bicyclic) bond motifs is 1. The Morgan fingerprint density at radius 1 is 1.10 bits per heavy atom. The molecule has 0 fully saturated rings. The molecule has 7 nitrogen and oxygen atoms in total. The quantitative estimate of drug-likeness (QED) is 0.413. The molecule has 8 heteroatoms. The lowest BCUT2D eigenvalue weighted by atomic mass is 9.99. The number of methoxy groups -OCH3 is 2. The number of para-hydroxylation sites is 1. The summed E-state index contributed by atoms with van der Waals surface area (Å²) in [4.78, 5) is 12.5. The number of benzene rings is 2. The Morgan fingerprint density at radius 3 is 2.58 bits per heavy atom. The molecule has 0 bridgehead atoms. The second-order valence-corrected chi connectivity index (χ2v) is 8.02. The minimum Gasteiger partial charge on any atom is -0.496 e. The summed E-state index contributed by atoms with van der Waals surface area (Å²) < 4.78 is 16.9. The Hall–Kier alpha value is -3.65. The normalized spacial score (nSPS) is 11.5. The average molecular weight is 436 g/mol. The molecule has 0 saturated heterocycles. The molecule has 0 saturated carbocycles. The Labute approximate surface area is 183 Å². The fourth-order valence-electron chi connectivity index (χ4n) is 3.37. The fraction of sp³-hybridized carbons (Fsp3) is 0.174. The highest BCUT2D eigenvalue weighted by Gasteiger charge is 2.17. The van der Waals surface area contributed by atoms with Crippen LogP contribution < -0.4 is 14.8 Å². The molecule has 4 rings (SSSR count). The lowest BCUT2D eigenvalue weighted by Gasteiger charge is -2.11. The van der Waals surface area contributed by atoms with Crippen molar-refractivity contribution in [2.24, 2.45) is 0 Å². The summed E-state index contributed by atoms with van der Waals surface area (Å²) in [6, 6.07) is 11.5. The zero-order valence-corrected chi connectivity index (χ0v) is 18.4. The Bertz CT molecular complexity index is 1290. The molecule has 2 aromatic heterocycles. The molecule has 31 heavy (non-hydrogen) atoms. The molecule has 0 aliphatic rings. The number of nitrogens with one attached hydrogen (secondary N) is 1.